The summed E-state index contributed by atoms with van der Waals surface area (Å²) in [5.41, 5.74) is 1.46. The van der Waals surface area contributed by atoms with Gasteiger partial charge in [-0.05, 0) is 59.7 Å². The van der Waals surface area contributed by atoms with Gasteiger partial charge in [0.15, 0.2) is 0 Å². The summed E-state index contributed by atoms with van der Waals surface area (Å²) < 4.78 is 42.3. The van der Waals surface area contributed by atoms with Gasteiger partial charge in [0.25, 0.3) is 10.0 Å². The smallest absolute Gasteiger partial charge is 0.264 e. The van der Waals surface area contributed by atoms with E-state index in [2.05, 4.69) is 5.32 Å². The molecule has 4 aromatic rings. The molecule has 11 heteroatoms. The summed E-state index contributed by atoms with van der Waals surface area (Å²) in [6, 6.07) is 25.4. The highest BCUT2D eigenvalue weighted by Gasteiger charge is 2.34. The predicted molar refractivity (Wildman–Crippen MR) is 162 cm³/mol. The first-order valence-electron chi connectivity index (χ1n) is 12.9. The molecule has 2 amide bonds. The summed E-state index contributed by atoms with van der Waals surface area (Å²) >= 11 is 12.4. The molecule has 0 aliphatic heterocycles. The lowest BCUT2D eigenvalue weighted by Gasteiger charge is -2.33. The first kappa shape index (κ1) is 31.0. The maximum atomic E-state index is 14.2. The second kappa shape index (κ2) is 13.8. The van der Waals surface area contributed by atoms with Gasteiger partial charge in [0.1, 0.15) is 18.4 Å². The van der Waals surface area contributed by atoms with Gasteiger partial charge in [0.2, 0.25) is 11.8 Å². The number of hydrogen-bond acceptors (Lipinski definition) is 4. The van der Waals surface area contributed by atoms with Crippen LogP contribution in [0.2, 0.25) is 10.0 Å². The molecule has 0 heterocycles. The van der Waals surface area contributed by atoms with Crippen molar-refractivity contribution in [1.82, 2.24) is 10.2 Å². The molecular formula is C31H28Cl2FN3O4S. The molecule has 0 aromatic heterocycles. The summed E-state index contributed by atoms with van der Waals surface area (Å²) in [6.45, 7) is -0.726. The maximum Gasteiger partial charge on any atom is 0.264 e. The third-order valence-electron chi connectivity index (χ3n) is 6.58. The number of amides is 2. The van der Waals surface area contributed by atoms with Crippen LogP contribution in [0.1, 0.15) is 11.1 Å². The van der Waals surface area contributed by atoms with E-state index < -0.39 is 40.2 Å². The highest BCUT2D eigenvalue weighted by molar-refractivity contribution is 7.92. The number of nitrogens with zero attached hydrogens (tertiary/aromatic N) is 2. The van der Waals surface area contributed by atoms with E-state index >= 15 is 0 Å². The van der Waals surface area contributed by atoms with Crippen molar-refractivity contribution in [1.29, 1.82) is 0 Å². The molecule has 4 aromatic carbocycles. The monoisotopic (exact) mass is 627 g/mol. The molecule has 0 saturated heterocycles. The summed E-state index contributed by atoms with van der Waals surface area (Å²) in [7, 11) is -2.80. The van der Waals surface area contributed by atoms with E-state index in [1.807, 2.05) is 30.3 Å². The van der Waals surface area contributed by atoms with Gasteiger partial charge in [-0.3, -0.25) is 13.9 Å². The Balaban J connectivity index is 1.79. The Labute approximate surface area is 254 Å². The average Bonchev–Trinajstić information content (AvgIpc) is 3.00. The Kier molecular flexibility index (Phi) is 10.2. The van der Waals surface area contributed by atoms with E-state index in [9.17, 15) is 22.4 Å². The van der Waals surface area contributed by atoms with E-state index in [0.29, 0.717) is 10.6 Å². The summed E-state index contributed by atoms with van der Waals surface area (Å²) in [6.07, 6.45) is 0.162. The molecule has 0 saturated carbocycles. The zero-order valence-electron chi connectivity index (χ0n) is 22.6. The SMILES string of the molecule is CNC(=O)[C@H](Cc1ccccc1)N(Cc1ccc(Cl)c(Cl)c1)C(=O)CN(c1ccc(F)cc1)S(=O)(=O)c1ccccc1. The van der Waals surface area contributed by atoms with Crippen molar-refractivity contribution >= 4 is 50.7 Å². The maximum absolute atomic E-state index is 14.2. The van der Waals surface area contributed by atoms with Gasteiger partial charge in [-0.25, -0.2) is 12.8 Å². The molecule has 0 fully saturated rings. The number of sulfonamides is 1. The number of rotatable bonds is 11. The van der Waals surface area contributed by atoms with Gasteiger partial charge in [-0.2, -0.15) is 0 Å². The number of halogens is 3. The van der Waals surface area contributed by atoms with Crippen LogP contribution in [0.5, 0.6) is 0 Å². The van der Waals surface area contributed by atoms with Gasteiger partial charge in [0, 0.05) is 20.0 Å². The van der Waals surface area contributed by atoms with Crippen molar-refractivity contribution < 1.29 is 22.4 Å². The van der Waals surface area contributed by atoms with Crippen LogP contribution < -0.4 is 9.62 Å². The van der Waals surface area contributed by atoms with E-state index in [4.69, 9.17) is 23.2 Å². The van der Waals surface area contributed by atoms with Crippen molar-refractivity contribution in [3.63, 3.8) is 0 Å². The third-order valence-corrected chi connectivity index (χ3v) is 9.11. The van der Waals surface area contributed by atoms with Crippen molar-refractivity contribution in [2.75, 3.05) is 17.9 Å². The van der Waals surface area contributed by atoms with E-state index in [-0.39, 0.29) is 28.6 Å². The van der Waals surface area contributed by atoms with Gasteiger partial charge in [0.05, 0.1) is 20.6 Å². The number of carbonyl (C=O) groups is 2. The van der Waals surface area contributed by atoms with Crippen LogP contribution in [-0.2, 0) is 32.6 Å². The van der Waals surface area contributed by atoms with Gasteiger partial charge in [-0.15, -0.1) is 0 Å². The van der Waals surface area contributed by atoms with Crippen molar-refractivity contribution in [2.24, 2.45) is 0 Å². The first-order valence-corrected chi connectivity index (χ1v) is 15.1. The molecule has 1 atom stereocenters. The molecule has 0 bridgehead atoms. The zero-order chi connectivity index (χ0) is 30.3. The van der Waals surface area contributed by atoms with Crippen molar-refractivity contribution in [3.8, 4) is 0 Å². The van der Waals surface area contributed by atoms with Crippen LogP contribution in [0.15, 0.2) is 108 Å². The van der Waals surface area contributed by atoms with Crippen LogP contribution >= 0.6 is 23.2 Å². The molecule has 0 radical (unpaired) electrons. The molecular weight excluding hydrogens is 600 g/mol. The van der Waals surface area contributed by atoms with E-state index in [0.717, 1.165) is 22.0 Å². The van der Waals surface area contributed by atoms with Crippen LogP contribution in [-0.4, -0.2) is 44.8 Å². The minimum Gasteiger partial charge on any atom is -0.357 e. The van der Waals surface area contributed by atoms with Gasteiger partial charge in [-0.1, -0.05) is 77.8 Å². The van der Waals surface area contributed by atoms with Crippen LogP contribution in [0.4, 0.5) is 10.1 Å². The number of likely N-dealkylation sites (N-methyl/N-ethyl adjacent to an activating group) is 1. The lowest BCUT2D eigenvalue weighted by Crippen LogP contribution is -2.53. The lowest BCUT2D eigenvalue weighted by atomic mass is 10.0. The van der Waals surface area contributed by atoms with Gasteiger partial charge < -0.3 is 10.2 Å². The molecule has 1 N–H and O–H groups in total. The molecule has 4 rings (SSSR count). The molecule has 0 aliphatic rings. The normalized spacial score (nSPS) is 11.9. The van der Waals surface area contributed by atoms with Crippen LogP contribution in [0.3, 0.4) is 0 Å². The molecule has 0 unspecified atom stereocenters. The number of carbonyl (C=O) groups excluding carboxylic acids is 2. The average molecular weight is 629 g/mol. The number of anilines is 1. The predicted octanol–water partition coefficient (Wildman–Crippen LogP) is 5.71. The molecule has 7 nitrogen and oxygen atoms in total. The second-order valence-electron chi connectivity index (χ2n) is 9.39. The Morgan fingerprint density at radius 1 is 0.833 bits per heavy atom. The zero-order valence-corrected chi connectivity index (χ0v) is 24.9. The van der Waals surface area contributed by atoms with Crippen LogP contribution in [0.25, 0.3) is 0 Å². The van der Waals surface area contributed by atoms with Crippen LogP contribution in [0, 0.1) is 5.82 Å². The highest BCUT2D eigenvalue weighted by Crippen LogP contribution is 2.27. The second-order valence-corrected chi connectivity index (χ2v) is 12.1. The minimum atomic E-state index is -4.27. The van der Waals surface area contributed by atoms with Crippen molar-refractivity contribution in [3.05, 3.63) is 130 Å². The number of benzene rings is 4. The molecule has 42 heavy (non-hydrogen) atoms. The quantitative estimate of drug-likeness (QED) is 0.231. The molecule has 0 spiro atoms. The Morgan fingerprint density at radius 2 is 1.45 bits per heavy atom. The lowest BCUT2D eigenvalue weighted by molar-refractivity contribution is -0.139. The first-order chi connectivity index (χ1) is 20.1. The largest absolute Gasteiger partial charge is 0.357 e. The standard InChI is InChI=1S/C31H28Cl2FN3O4S/c1-35-31(39)29(19-22-8-4-2-5-9-22)36(20-23-12-17-27(32)28(33)18-23)30(38)21-37(25-15-13-24(34)14-16-25)42(40,41)26-10-6-3-7-11-26/h2-18,29H,19-21H2,1H3,(H,35,39)/t29-/m0/s1. The Hall–Kier alpha value is -3.92. The Bertz CT molecular complexity index is 1640. The molecule has 0 aliphatic carbocycles. The van der Waals surface area contributed by atoms with E-state index in [1.165, 1.54) is 36.2 Å². The fourth-order valence-electron chi connectivity index (χ4n) is 4.41. The highest BCUT2D eigenvalue weighted by atomic mass is 35.5. The molecule has 218 valence electrons. The fourth-order valence-corrected chi connectivity index (χ4v) is 6.17. The number of hydrogen-bond donors (Lipinski definition) is 1. The Morgan fingerprint density at radius 3 is 2.05 bits per heavy atom. The summed E-state index contributed by atoms with van der Waals surface area (Å²) in [4.78, 5) is 28.7. The van der Waals surface area contributed by atoms with E-state index in [1.54, 1.807) is 36.4 Å². The van der Waals surface area contributed by atoms with Crippen molar-refractivity contribution in [2.45, 2.75) is 23.9 Å². The topological polar surface area (TPSA) is 86.8 Å². The minimum absolute atomic E-state index is 0.0507. The third kappa shape index (κ3) is 7.47. The fraction of sp³-hybridized carbons (Fsp3) is 0.161. The van der Waals surface area contributed by atoms with Gasteiger partial charge >= 0.3 is 0 Å². The number of nitrogens with one attached hydrogen (secondary N) is 1. The summed E-state index contributed by atoms with van der Waals surface area (Å²) in [5, 5.41) is 3.21. The summed E-state index contributed by atoms with van der Waals surface area (Å²) in [5.74, 6) is -1.66.